The van der Waals surface area contributed by atoms with Crippen molar-refractivity contribution in [1.82, 2.24) is 14.5 Å². The maximum atomic E-state index is 6.18. The molecular weight excluding hydrogens is 571 g/mol. The number of fused-ring (bicyclic) bond motifs is 11. The Morgan fingerprint density at radius 3 is 2.27 bits per heavy atom. The minimum Gasteiger partial charge on any atom is -0.456 e. The highest BCUT2D eigenvalue weighted by Crippen LogP contribution is 2.52. The van der Waals surface area contributed by atoms with Crippen molar-refractivity contribution in [3.05, 3.63) is 127 Å². The lowest BCUT2D eigenvalue weighted by Crippen LogP contribution is -2.04. The molecule has 208 valence electrons. The summed E-state index contributed by atoms with van der Waals surface area (Å²) < 4.78 is 10.8. The van der Waals surface area contributed by atoms with Crippen molar-refractivity contribution in [2.75, 3.05) is 0 Å². The molecule has 0 aliphatic heterocycles. The zero-order valence-electron chi connectivity index (χ0n) is 23.8. The highest BCUT2D eigenvalue weighted by Gasteiger charge is 2.30. The molecule has 11 rings (SSSR count). The third kappa shape index (κ3) is 3.05. The van der Waals surface area contributed by atoms with Gasteiger partial charge in [0.25, 0.3) is 0 Å². The molecule has 4 aromatic heterocycles. The van der Waals surface area contributed by atoms with Crippen LogP contribution >= 0.6 is 11.3 Å². The topological polar surface area (TPSA) is 43.9 Å². The van der Waals surface area contributed by atoms with Crippen molar-refractivity contribution in [2.24, 2.45) is 0 Å². The molecule has 0 amide bonds. The van der Waals surface area contributed by atoms with Crippen molar-refractivity contribution in [3.8, 4) is 39.6 Å². The highest BCUT2D eigenvalue weighted by molar-refractivity contribution is 7.26. The van der Waals surface area contributed by atoms with Crippen molar-refractivity contribution in [2.45, 2.75) is 0 Å². The average molecular weight is 592 g/mol. The average Bonchev–Trinajstić information content (AvgIpc) is 3.83. The molecule has 0 fully saturated rings. The zero-order valence-corrected chi connectivity index (χ0v) is 24.6. The number of aromatic nitrogens is 3. The number of hydrogen-bond donors (Lipinski definition) is 0. The molecular formula is C40H21N3OS. The van der Waals surface area contributed by atoms with Crippen LogP contribution < -0.4 is 0 Å². The van der Waals surface area contributed by atoms with Crippen LogP contribution in [-0.4, -0.2) is 14.5 Å². The third-order valence-electron chi connectivity index (χ3n) is 9.36. The number of thiophene rings is 1. The van der Waals surface area contributed by atoms with Gasteiger partial charge in [-0.3, -0.25) is 4.57 Å². The summed E-state index contributed by atoms with van der Waals surface area (Å²) in [6.45, 7) is 0. The number of para-hydroxylation sites is 2. The standard InChI is InChI=1S/C40H21N3OS/c1-4-16-30-25(12-1)35-27-14-7-9-22-10-8-15-28(34(22)27)38(35)43(30)40-41-36(39-37(42-40)26-13-3-6-18-33(26)45-39)23-19-20-32-29(21-23)24-11-2-5-17-31(24)44-32/h1-21H. The number of furan rings is 1. The molecule has 0 radical (unpaired) electrons. The lowest BCUT2D eigenvalue weighted by molar-refractivity contribution is 0.669. The quantitative estimate of drug-likeness (QED) is 0.201. The number of hydrogen-bond acceptors (Lipinski definition) is 4. The second-order valence-corrected chi connectivity index (χ2v) is 12.8. The summed E-state index contributed by atoms with van der Waals surface area (Å²) in [5.41, 5.74) is 10.7. The molecule has 5 heteroatoms. The molecule has 1 aliphatic rings. The monoisotopic (exact) mass is 591 g/mol. The first-order valence-corrected chi connectivity index (χ1v) is 15.9. The van der Waals surface area contributed by atoms with Gasteiger partial charge in [-0.1, -0.05) is 91.0 Å². The van der Waals surface area contributed by atoms with Gasteiger partial charge in [-0.25, -0.2) is 9.97 Å². The van der Waals surface area contributed by atoms with Gasteiger partial charge in [-0.15, -0.1) is 11.3 Å². The summed E-state index contributed by atoms with van der Waals surface area (Å²) in [5.74, 6) is 0.681. The predicted molar refractivity (Wildman–Crippen MR) is 186 cm³/mol. The molecule has 0 saturated heterocycles. The molecule has 4 heterocycles. The molecule has 6 aromatic carbocycles. The van der Waals surface area contributed by atoms with E-state index in [-0.39, 0.29) is 0 Å². The summed E-state index contributed by atoms with van der Waals surface area (Å²) in [6, 6.07) is 45.1. The van der Waals surface area contributed by atoms with E-state index in [1.807, 2.05) is 12.1 Å². The summed E-state index contributed by atoms with van der Waals surface area (Å²) >= 11 is 1.76. The van der Waals surface area contributed by atoms with Crippen LogP contribution in [0.4, 0.5) is 0 Å². The molecule has 0 saturated carbocycles. The Labute approximate surface area is 260 Å². The first-order chi connectivity index (χ1) is 22.3. The second-order valence-electron chi connectivity index (χ2n) is 11.7. The van der Waals surface area contributed by atoms with E-state index in [2.05, 4.69) is 120 Å². The number of rotatable bonds is 2. The Balaban J connectivity index is 1.28. The molecule has 0 atom stereocenters. The van der Waals surface area contributed by atoms with E-state index >= 15 is 0 Å². The Kier molecular flexibility index (Phi) is 4.43. The van der Waals surface area contributed by atoms with Crippen LogP contribution in [0.5, 0.6) is 0 Å². The van der Waals surface area contributed by atoms with E-state index < -0.39 is 0 Å². The van der Waals surface area contributed by atoms with Gasteiger partial charge in [-0.05, 0) is 52.7 Å². The largest absolute Gasteiger partial charge is 0.456 e. The molecule has 0 bridgehead atoms. The normalized spacial score (nSPS) is 12.4. The SMILES string of the molecule is c1cc2c3c(cccc3c1)-c1c-2c2ccccc2n1-c1nc(-c2ccc3oc4ccccc4c3c2)c2sc3ccccc3c2n1. The van der Waals surface area contributed by atoms with Crippen molar-refractivity contribution < 1.29 is 4.42 Å². The molecule has 4 nitrogen and oxygen atoms in total. The van der Waals surface area contributed by atoms with Gasteiger partial charge in [-0.2, -0.15) is 0 Å². The van der Waals surface area contributed by atoms with Gasteiger partial charge in [0.2, 0.25) is 5.95 Å². The minimum absolute atomic E-state index is 0.681. The Bertz CT molecular complexity index is 2880. The molecule has 0 N–H and O–H groups in total. The van der Waals surface area contributed by atoms with Crippen LogP contribution in [-0.2, 0) is 0 Å². The summed E-state index contributed by atoms with van der Waals surface area (Å²) in [7, 11) is 0. The van der Waals surface area contributed by atoms with E-state index in [4.69, 9.17) is 14.4 Å². The van der Waals surface area contributed by atoms with Gasteiger partial charge >= 0.3 is 0 Å². The van der Waals surface area contributed by atoms with Gasteiger partial charge in [0.15, 0.2) is 0 Å². The lowest BCUT2D eigenvalue weighted by Gasteiger charge is -2.12. The Morgan fingerprint density at radius 2 is 1.36 bits per heavy atom. The zero-order chi connectivity index (χ0) is 29.2. The van der Waals surface area contributed by atoms with Gasteiger partial charge < -0.3 is 4.42 Å². The van der Waals surface area contributed by atoms with E-state index in [1.54, 1.807) is 11.3 Å². The Morgan fingerprint density at radius 1 is 0.600 bits per heavy atom. The van der Waals surface area contributed by atoms with Gasteiger partial charge in [0.1, 0.15) is 11.2 Å². The molecule has 0 unspecified atom stereocenters. The van der Waals surface area contributed by atoms with Gasteiger partial charge in [0.05, 0.1) is 27.1 Å². The molecule has 45 heavy (non-hydrogen) atoms. The van der Waals surface area contributed by atoms with Crippen molar-refractivity contribution >= 4 is 75.3 Å². The van der Waals surface area contributed by atoms with Crippen LogP contribution in [0, 0.1) is 0 Å². The fourth-order valence-corrected chi connectivity index (χ4v) is 8.62. The fraction of sp³-hybridized carbons (Fsp3) is 0. The lowest BCUT2D eigenvalue weighted by atomic mass is 10.0. The van der Waals surface area contributed by atoms with Crippen LogP contribution in [0.3, 0.4) is 0 Å². The first kappa shape index (κ1) is 23.6. The highest BCUT2D eigenvalue weighted by atomic mass is 32.1. The Hall–Kier alpha value is -5.78. The molecule has 1 aliphatic carbocycles. The maximum Gasteiger partial charge on any atom is 0.235 e. The fourth-order valence-electron chi connectivity index (χ4n) is 7.47. The van der Waals surface area contributed by atoms with E-state index in [1.165, 1.54) is 37.5 Å². The van der Waals surface area contributed by atoms with Crippen LogP contribution in [0.2, 0.25) is 0 Å². The van der Waals surface area contributed by atoms with Gasteiger partial charge in [0, 0.05) is 42.9 Å². The first-order valence-electron chi connectivity index (χ1n) is 15.1. The van der Waals surface area contributed by atoms with Crippen molar-refractivity contribution in [1.29, 1.82) is 0 Å². The molecule has 10 aromatic rings. The summed E-state index contributed by atoms with van der Waals surface area (Å²) in [4.78, 5) is 10.9. The summed E-state index contributed by atoms with van der Waals surface area (Å²) in [6.07, 6.45) is 0. The van der Waals surface area contributed by atoms with Crippen molar-refractivity contribution in [3.63, 3.8) is 0 Å². The molecule has 0 spiro atoms. The predicted octanol–water partition coefficient (Wildman–Crippen LogP) is 11.2. The smallest absolute Gasteiger partial charge is 0.235 e. The van der Waals surface area contributed by atoms with E-state index in [0.29, 0.717) is 5.95 Å². The minimum atomic E-state index is 0.681. The van der Waals surface area contributed by atoms with Crippen LogP contribution in [0.1, 0.15) is 0 Å². The van der Waals surface area contributed by atoms with E-state index in [9.17, 15) is 0 Å². The second kappa shape index (κ2) is 8.44. The maximum absolute atomic E-state index is 6.18. The third-order valence-corrected chi connectivity index (χ3v) is 10.5. The van der Waals surface area contributed by atoms with Crippen LogP contribution in [0.15, 0.2) is 132 Å². The number of nitrogens with zero attached hydrogens (tertiary/aromatic N) is 3. The van der Waals surface area contributed by atoms with E-state index in [0.717, 1.165) is 60.0 Å². The number of benzene rings is 6. The summed E-state index contributed by atoms with van der Waals surface area (Å²) in [5, 5.41) is 7.10. The van der Waals surface area contributed by atoms with Crippen LogP contribution in [0.25, 0.3) is 104 Å².